The van der Waals surface area contributed by atoms with Crippen molar-refractivity contribution in [2.24, 2.45) is 0 Å². The van der Waals surface area contributed by atoms with Crippen LogP contribution in [0.5, 0.6) is 5.75 Å². The van der Waals surface area contributed by atoms with E-state index in [9.17, 15) is 14.0 Å². The van der Waals surface area contributed by atoms with Crippen molar-refractivity contribution in [1.82, 2.24) is 0 Å². The number of benzene rings is 1. The van der Waals surface area contributed by atoms with Gasteiger partial charge in [0.05, 0.1) is 12.3 Å². The minimum absolute atomic E-state index is 0.0157. The smallest absolute Gasteiger partial charge is 0.272 e. The van der Waals surface area contributed by atoms with Crippen LogP contribution < -0.4 is 20.9 Å². The molecule has 0 aliphatic rings. The third-order valence-electron chi connectivity index (χ3n) is 2.29. The maximum absolute atomic E-state index is 13.3. The molecule has 0 radical (unpaired) electrons. The highest BCUT2D eigenvalue weighted by molar-refractivity contribution is 5.70. The molecule has 88 valence electrons. The van der Waals surface area contributed by atoms with Crippen molar-refractivity contribution in [3.8, 4) is 5.75 Å². The summed E-state index contributed by atoms with van der Waals surface area (Å²) in [6.07, 6.45) is 0. The molecule has 17 heavy (non-hydrogen) atoms. The standard InChI is InChI=1S/C12H10FNO3/c1-2-17-12-9(10(15)11(12)16)14-8-6-4-3-5-7(8)13/h3-6,14H,2H2,1H3. The largest absolute Gasteiger partial charge is 0.488 e. The van der Waals surface area contributed by atoms with E-state index >= 15 is 0 Å². The molecule has 0 spiro atoms. The summed E-state index contributed by atoms with van der Waals surface area (Å²) in [5.74, 6) is -0.524. The van der Waals surface area contributed by atoms with Gasteiger partial charge >= 0.3 is 0 Å². The lowest BCUT2D eigenvalue weighted by atomic mass is 10.2. The van der Waals surface area contributed by atoms with E-state index in [1.54, 1.807) is 13.0 Å². The average molecular weight is 235 g/mol. The lowest BCUT2D eigenvalue weighted by Gasteiger charge is -2.13. The first-order chi connectivity index (χ1) is 8.15. The first-order valence-electron chi connectivity index (χ1n) is 5.12. The van der Waals surface area contributed by atoms with Crippen LogP contribution in [0.15, 0.2) is 33.9 Å². The number of para-hydroxylation sites is 1. The molecule has 5 heteroatoms. The molecule has 0 aromatic heterocycles. The van der Waals surface area contributed by atoms with Crippen LogP contribution in [0.1, 0.15) is 6.92 Å². The maximum atomic E-state index is 13.3. The van der Waals surface area contributed by atoms with E-state index in [1.807, 2.05) is 0 Å². The molecule has 0 unspecified atom stereocenters. The molecule has 2 rings (SSSR count). The first kappa shape index (κ1) is 11.3. The van der Waals surface area contributed by atoms with E-state index in [2.05, 4.69) is 5.32 Å². The van der Waals surface area contributed by atoms with E-state index in [-0.39, 0.29) is 23.7 Å². The summed E-state index contributed by atoms with van der Waals surface area (Å²) < 4.78 is 18.3. The lowest BCUT2D eigenvalue weighted by molar-refractivity contribution is 0.335. The Morgan fingerprint density at radius 3 is 2.59 bits per heavy atom. The molecular formula is C12H10FNO3. The summed E-state index contributed by atoms with van der Waals surface area (Å²) >= 11 is 0. The van der Waals surface area contributed by atoms with Crippen LogP contribution in [-0.4, -0.2) is 6.61 Å². The van der Waals surface area contributed by atoms with Gasteiger partial charge in [-0.1, -0.05) is 12.1 Å². The van der Waals surface area contributed by atoms with E-state index in [4.69, 9.17) is 4.74 Å². The van der Waals surface area contributed by atoms with Gasteiger partial charge in [0, 0.05) is 0 Å². The van der Waals surface area contributed by atoms with Crippen LogP contribution in [0, 0.1) is 5.82 Å². The van der Waals surface area contributed by atoms with E-state index in [0.717, 1.165) is 0 Å². The summed E-state index contributed by atoms with van der Waals surface area (Å²) in [6.45, 7) is 1.97. The lowest BCUT2D eigenvalue weighted by Crippen LogP contribution is -2.35. The number of hydrogen-bond acceptors (Lipinski definition) is 4. The molecule has 0 aliphatic heterocycles. The van der Waals surface area contributed by atoms with Crippen molar-refractivity contribution in [3.63, 3.8) is 0 Å². The number of ether oxygens (including phenoxy) is 1. The second-order valence-corrected chi connectivity index (χ2v) is 3.40. The van der Waals surface area contributed by atoms with Gasteiger partial charge in [0.1, 0.15) is 11.5 Å². The van der Waals surface area contributed by atoms with Crippen LogP contribution in [0.2, 0.25) is 0 Å². The maximum Gasteiger partial charge on any atom is 0.272 e. The third-order valence-corrected chi connectivity index (χ3v) is 2.29. The zero-order valence-corrected chi connectivity index (χ0v) is 9.12. The van der Waals surface area contributed by atoms with Gasteiger partial charge in [0.25, 0.3) is 10.9 Å². The number of hydrogen-bond donors (Lipinski definition) is 1. The summed E-state index contributed by atoms with van der Waals surface area (Å²) in [5.41, 5.74) is -1.20. The Hall–Kier alpha value is -2.17. The van der Waals surface area contributed by atoms with Gasteiger partial charge in [-0.25, -0.2) is 4.39 Å². The van der Waals surface area contributed by atoms with Gasteiger partial charge in [-0.05, 0) is 19.1 Å². The molecule has 1 N–H and O–H groups in total. The Morgan fingerprint density at radius 2 is 1.94 bits per heavy atom. The highest BCUT2D eigenvalue weighted by Gasteiger charge is 2.22. The van der Waals surface area contributed by atoms with E-state index < -0.39 is 16.7 Å². The number of nitrogens with one attached hydrogen (secondary N) is 1. The molecule has 4 nitrogen and oxygen atoms in total. The average Bonchev–Trinajstić information content (AvgIpc) is 2.35. The number of anilines is 2. The summed E-state index contributed by atoms with van der Waals surface area (Å²) in [5, 5.41) is 2.57. The van der Waals surface area contributed by atoms with Gasteiger partial charge in [-0.15, -0.1) is 0 Å². The highest BCUT2D eigenvalue weighted by atomic mass is 19.1. The molecule has 0 bridgehead atoms. The van der Waals surface area contributed by atoms with Crippen molar-refractivity contribution >= 4 is 11.4 Å². The van der Waals surface area contributed by atoms with E-state index in [1.165, 1.54) is 18.2 Å². The second kappa shape index (κ2) is 4.37. The Bertz CT molecular complexity index is 614. The quantitative estimate of drug-likeness (QED) is 0.817. The fourth-order valence-corrected chi connectivity index (χ4v) is 1.46. The molecule has 0 amide bonds. The third kappa shape index (κ3) is 1.91. The second-order valence-electron chi connectivity index (χ2n) is 3.40. The fourth-order valence-electron chi connectivity index (χ4n) is 1.46. The fraction of sp³-hybridized carbons (Fsp3) is 0.167. The van der Waals surface area contributed by atoms with Gasteiger partial charge in [0.2, 0.25) is 0 Å². The molecule has 0 fully saturated rings. The minimum atomic E-state index is -0.684. The Morgan fingerprint density at radius 1 is 1.24 bits per heavy atom. The monoisotopic (exact) mass is 235 g/mol. The van der Waals surface area contributed by atoms with Crippen LogP contribution in [0.25, 0.3) is 0 Å². The SMILES string of the molecule is CCOc1c(Nc2ccccc2F)c(=O)c1=O. The Kier molecular flexibility index (Phi) is 2.91. The zero-order chi connectivity index (χ0) is 12.4. The molecule has 0 saturated carbocycles. The molecule has 2 aromatic carbocycles. The van der Waals surface area contributed by atoms with Gasteiger partial charge in [-0.2, -0.15) is 0 Å². The van der Waals surface area contributed by atoms with Crippen molar-refractivity contribution < 1.29 is 9.13 Å². The van der Waals surface area contributed by atoms with Gasteiger partial charge in [-0.3, -0.25) is 9.59 Å². The predicted octanol–water partition coefficient (Wildman–Crippen LogP) is 1.56. The normalized spacial score (nSPS) is 10.5. The molecule has 0 aliphatic carbocycles. The van der Waals surface area contributed by atoms with Crippen molar-refractivity contribution in [1.29, 1.82) is 0 Å². The zero-order valence-electron chi connectivity index (χ0n) is 9.12. The number of halogens is 1. The molecule has 0 saturated heterocycles. The summed E-state index contributed by atoms with van der Waals surface area (Å²) in [4.78, 5) is 22.5. The highest BCUT2D eigenvalue weighted by Crippen LogP contribution is 2.24. The van der Waals surface area contributed by atoms with Crippen molar-refractivity contribution in [2.75, 3.05) is 11.9 Å². The molecule has 0 heterocycles. The topological polar surface area (TPSA) is 55.4 Å². The van der Waals surface area contributed by atoms with Crippen molar-refractivity contribution in [3.05, 3.63) is 50.5 Å². The van der Waals surface area contributed by atoms with Crippen LogP contribution in [0.3, 0.4) is 0 Å². The minimum Gasteiger partial charge on any atom is -0.488 e. The van der Waals surface area contributed by atoms with Crippen LogP contribution >= 0.6 is 0 Å². The first-order valence-corrected chi connectivity index (χ1v) is 5.12. The van der Waals surface area contributed by atoms with Crippen LogP contribution in [-0.2, 0) is 0 Å². The summed E-state index contributed by atoms with van der Waals surface area (Å²) in [7, 11) is 0. The van der Waals surface area contributed by atoms with Crippen molar-refractivity contribution in [2.45, 2.75) is 6.92 Å². The van der Waals surface area contributed by atoms with Gasteiger partial charge in [0.15, 0.2) is 5.75 Å². The Balaban J connectivity index is 2.32. The van der Waals surface area contributed by atoms with Gasteiger partial charge < -0.3 is 10.1 Å². The van der Waals surface area contributed by atoms with Crippen LogP contribution in [0.4, 0.5) is 15.8 Å². The number of rotatable bonds is 4. The molecular weight excluding hydrogens is 225 g/mol. The predicted molar refractivity (Wildman–Crippen MR) is 62.2 cm³/mol. The molecule has 2 aromatic rings. The summed E-state index contributed by atoms with van der Waals surface area (Å²) in [6, 6.07) is 5.89. The Labute approximate surface area is 96.3 Å². The molecule has 0 atom stereocenters. The van der Waals surface area contributed by atoms with E-state index in [0.29, 0.717) is 0 Å².